The Kier molecular flexibility index (Phi) is 4.08. The Hall–Kier alpha value is -2.73. The summed E-state index contributed by atoms with van der Waals surface area (Å²) in [5.41, 5.74) is 3.42. The first-order chi connectivity index (χ1) is 11.1. The predicted molar refractivity (Wildman–Crippen MR) is 92.7 cm³/mol. The van der Waals surface area contributed by atoms with Gasteiger partial charge in [-0.1, -0.05) is 29.5 Å². The normalized spacial score (nSPS) is 10.5. The van der Waals surface area contributed by atoms with Crippen molar-refractivity contribution in [3.05, 3.63) is 48.0 Å². The van der Waals surface area contributed by atoms with Crippen molar-refractivity contribution in [2.24, 2.45) is 0 Å². The quantitative estimate of drug-likeness (QED) is 0.776. The van der Waals surface area contributed by atoms with Crippen LogP contribution in [0.5, 0.6) is 0 Å². The molecule has 0 aliphatic heterocycles. The summed E-state index contributed by atoms with van der Waals surface area (Å²) in [6.07, 6.45) is 0. The highest BCUT2D eigenvalue weighted by molar-refractivity contribution is 7.22. The van der Waals surface area contributed by atoms with Crippen LogP contribution in [0.25, 0.3) is 21.3 Å². The van der Waals surface area contributed by atoms with E-state index in [0.717, 1.165) is 21.3 Å². The van der Waals surface area contributed by atoms with E-state index in [-0.39, 0.29) is 11.8 Å². The van der Waals surface area contributed by atoms with Crippen LogP contribution < -0.4 is 10.6 Å². The van der Waals surface area contributed by atoms with E-state index in [1.54, 1.807) is 13.1 Å². The first-order valence-electron chi connectivity index (χ1n) is 7.07. The molecule has 0 aliphatic carbocycles. The van der Waals surface area contributed by atoms with Crippen molar-refractivity contribution in [3.63, 3.8) is 0 Å². The van der Waals surface area contributed by atoms with Gasteiger partial charge < -0.3 is 10.6 Å². The number of rotatable bonds is 3. The number of thiazole rings is 1. The van der Waals surface area contributed by atoms with Crippen molar-refractivity contribution < 1.29 is 9.59 Å². The van der Waals surface area contributed by atoms with Gasteiger partial charge in [0.25, 0.3) is 5.91 Å². The van der Waals surface area contributed by atoms with Crippen molar-refractivity contribution in [1.29, 1.82) is 0 Å². The van der Waals surface area contributed by atoms with Gasteiger partial charge in [0.15, 0.2) is 5.13 Å². The van der Waals surface area contributed by atoms with Crippen LogP contribution in [0, 0.1) is 0 Å². The smallest absolute Gasteiger partial charge is 0.251 e. The molecule has 0 saturated carbocycles. The van der Waals surface area contributed by atoms with Crippen molar-refractivity contribution in [3.8, 4) is 11.1 Å². The number of carbonyl (C=O) groups excluding carboxylic acids is 2. The lowest BCUT2D eigenvalue weighted by Crippen LogP contribution is -2.17. The van der Waals surface area contributed by atoms with Gasteiger partial charge in [-0.05, 0) is 35.4 Å². The lowest BCUT2D eigenvalue weighted by Gasteiger charge is -2.05. The lowest BCUT2D eigenvalue weighted by atomic mass is 10.0. The fourth-order valence-electron chi connectivity index (χ4n) is 2.29. The Morgan fingerprint density at radius 2 is 1.87 bits per heavy atom. The monoisotopic (exact) mass is 325 g/mol. The van der Waals surface area contributed by atoms with Gasteiger partial charge >= 0.3 is 0 Å². The number of amides is 2. The molecule has 0 fully saturated rings. The molecule has 116 valence electrons. The highest BCUT2D eigenvalue weighted by Crippen LogP contribution is 2.30. The Balaban J connectivity index is 2.00. The molecule has 2 N–H and O–H groups in total. The van der Waals surface area contributed by atoms with Crippen LogP contribution in [0.2, 0.25) is 0 Å². The maximum atomic E-state index is 11.8. The van der Waals surface area contributed by atoms with Crippen molar-refractivity contribution in [2.45, 2.75) is 6.92 Å². The molecule has 0 saturated heterocycles. The highest BCUT2D eigenvalue weighted by atomic mass is 32.1. The molecule has 0 spiro atoms. The second-order valence-electron chi connectivity index (χ2n) is 5.04. The van der Waals surface area contributed by atoms with Gasteiger partial charge in [0, 0.05) is 19.5 Å². The second kappa shape index (κ2) is 6.18. The van der Waals surface area contributed by atoms with Gasteiger partial charge in [-0.15, -0.1) is 0 Å². The van der Waals surface area contributed by atoms with E-state index in [1.165, 1.54) is 18.3 Å². The highest BCUT2D eigenvalue weighted by Gasteiger charge is 2.09. The maximum absolute atomic E-state index is 11.8. The van der Waals surface area contributed by atoms with Crippen LogP contribution in [0.3, 0.4) is 0 Å². The van der Waals surface area contributed by atoms with Crippen molar-refractivity contribution in [2.75, 3.05) is 12.4 Å². The minimum absolute atomic E-state index is 0.112. The van der Waals surface area contributed by atoms with Crippen LogP contribution in [-0.4, -0.2) is 23.8 Å². The molecular weight excluding hydrogens is 310 g/mol. The number of carbonyl (C=O) groups is 2. The van der Waals surface area contributed by atoms with E-state index in [2.05, 4.69) is 15.6 Å². The van der Waals surface area contributed by atoms with Crippen molar-refractivity contribution >= 4 is 38.5 Å². The number of aromatic nitrogens is 1. The average molecular weight is 325 g/mol. The van der Waals surface area contributed by atoms with Gasteiger partial charge in [0.1, 0.15) is 0 Å². The Bertz CT molecular complexity index is 902. The molecule has 2 aromatic carbocycles. The fraction of sp³-hybridized carbons (Fsp3) is 0.118. The van der Waals surface area contributed by atoms with Crippen molar-refractivity contribution in [1.82, 2.24) is 10.3 Å². The molecule has 1 heterocycles. The standard InChI is InChI=1S/C17H15N3O2S/c1-10(21)19-17-20-14-7-6-12(9-15(14)23-17)11-4-3-5-13(8-11)16(22)18-2/h3-9H,1-2H3,(H,18,22)(H,19,20,21). The summed E-state index contributed by atoms with van der Waals surface area (Å²) in [5, 5.41) is 5.91. The number of hydrogen-bond acceptors (Lipinski definition) is 4. The third kappa shape index (κ3) is 3.22. The molecule has 23 heavy (non-hydrogen) atoms. The number of benzene rings is 2. The molecule has 0 radical (unpaired) electrons. The summed E-state index contributed by atoms with van der Waals surface area (Å²) in [5.74, 6) is -0.249. The Morgan fingerprint density at radius 3 is 2.61 bits per heavy atom. The number of nitrogens with zero attached hydrogens (tertiary/aromatic N) is 1. The molecule has 3 aromatic rings. The molecular formula is C17H15N3O2S. The fourth-order valence-corrected chi connectivity index (χ4v) is 3.24. The Labute approximate surface area is 137 Å². The average Bonchev–Trinajstić information content (AvgIpc) is 2.94. The summed E-state index contributed by atoms with van der Waals surface area (Å²) >= 11 is 1.43. The van der Waals surface area contributed by atoms with E-state index >= 15 is 0 Å². The lowest BCUT2D eigenvalue weighted by molar-refractivity contribution is -0.114. The zero-order valence-electron chi connectivity index (χ0n) is 12.7. The first-order valence-corrected chi connectivity index (χ1v) is 7.89. The van der Waals surface area contributed by atoms with Crippen LogP contribution in [-0.2, 0) is 4.79 Å². The third-order valence-corrected chi connectivity index (χ3v) is 4.29. The summed E-state index contributed by atoms with van der Waals surface area (Å²) in [6.45, 7) is 1.46. The molecule has 1 aromatic heterocycles. The van der Waals surface area contributed by atoms with E-state index < -0.39 is 0 Å². The zero-order chi connectivity index (χ0) is 16.4. The first kappa shape index (κ1) is 15.2. The van der Waals surface area contributed by atoms with Gasteiger partial charge in [-0.25, -0.2) is 4.98 Å². The van der Waals surface area contributed by atoms with E-state index in [1.807, 2.05) is 36.4 Å². The zero-order valence-corrected chi connectivity index (χ0v) is 13.5. The van der Waals surface area contributed by atoms with E-state index in [0.29, 0.717) is 10.7 Å². The molecule has 0 aliphatic rings. The third-order valence-electron chi connectivity index (χ3n) is 3.36. The molecule has 2 amide bonds. The summed E-state index contributed by atoms with van der Waals surface area (Å²) < 4.78 is 0.983. The number of hydrogen-bond donors (Lipinski definition) is 2. The van der Waals surface area contributed by atoms with Crippen LogP contribution in [0.4, 0.5) is 5.13 Å². The number of fused-ring (bicyclic) bond motifs is 1. The minimum Gasteiger partial charge on any atom is -0.355 e. The van der Waals surface area contributed by atoms with Crippen LogP contribution >= 0.6 is 11.3 Å². The molecule has 0 bridgehead atoms. The summed E-state index contributed by atoms with van der Waals surface area (Å²) in [6, 6.07) is 13.4. The molecule has 6 heteroatoms. The number of anilines is 1. The molecule has 3 rings (SSSR count). The van der Waals surface area contributed by atoms with Gasteiger partial charge in [0.05, 0.1) is 10.2 Å². The molecule has 0 atom stereocenters. The van der Waals surface area contributed by atoms with Gasteiger partial charge in [0.2, 0.25) is 5.91 Å². The second-order valence-corrected chi connectivity index (χ2v) is 6.07. The minimum atomic E-state index is -0.137. The predicted octanol–water partition coefficient (Wildman–Crippen LogP) is 3.28. The Morgan fingerprint density at radius 1 is 1.09 bits per heavy atom. The topological polar surface area (TPSA) is 71.1 Å². The van der Waals surface area contributed by atoms with Gasteiger partial charge in [-0.3, -0.25) is 9.59 Å². The SMILES string of the molecule is CNC(=O)c1cccc(-c2ccc3nc(NC(C)=O)sc3c2)c1. The molecule has 5 nitrogen and oxygen atoms in total. The van der Waals surface area contributed by atoms with Crippen LogP contribution in [0.15, 0.2) is 42.5 Å². The molecule has 0 unspecified atom stereocenters. The summed E-state index contributed by atoms with van der Waals surface area (Å²) in [4.78, 5) is 27.3. The van der Waals surface area contributed by atoms with Crippen LogP contribution in [0.1, 0.15) is 17.3 Å². The maximum Gasteiger partial charge on any atom is 0.251 e. The largest absolute Gasteiger partial charge is 0.355 e. The van der Waals surface area contributed by atoms with Gasteiger partial charge in [-0.2, -0.15) is 0 Å². The summed E-state index contributed by atoms with van der Waals surface area (Å²) in [7, 11) is 1.61. The number of nitrogens with one attached hydrogen (secondary N) is 2. The van der Waals surface area contributed by atoms with E-state index in [4.69, 9.17) is 0 Å². The van der Waals surface area contributed by atoms with E-state index in [9.17, 15) is 9.59 Å².